The van der Waals surface area contributed by atoms with Crippen LogP contribution in [0.5, 0.6) is 5.75 Å². The number of aliphatic hydroxyl groups is 1. The molecule has 1 aromatic carbocycles. The van der Waals surface area contributed by atoms with Gasteiger partial charge >= 0.3 is 0 Å². The van der Waals surface area contributed by atoms with E-state index in [9.17, 15) is 14.6 Å². The lowest BCUT2D eigenvalue weighted by Crippen LogP contribution is -2.23. The van der Waals surface area contributed by atoms with Crippen LogP contribution in [-0.4, -0.2) is 22.9 Å². The van der Waals surface area contributed by atoms with Gasteiger partial charge in [0.1, 0.15) is 11.6 Å². The topological polar surface area (TPSA) is 52.5 Å². The van der Waals surface area contributed by atoms with E-state index in [0.717, 1.165) is 6.42 Å². The van der Waals surface area contributed by atoms with Gasteiger partial charge in [-0.05, 0) is 44.5 Å². The van der Waals surface area contributed by atoms with Gasteiger partial charge in [-0.3, -0.25) is 0 Å². The molecule has 2 unspecified atom stereocenters. The summed E-state index contributed by atoms with van der Waals surface area (Å²) in [5.41, 5.74) is 0.538. The number of phenols is 1. The first kappa shape index (κ1) is 13.9. The van der Waals surface area contributed by atoms with E-state index in [1.54, 1.807) is 0 Å². The zero-order chi connectivity index (χ0) is 12.8. The minimum atomic E-state index is -0.361. The van der Waals surface area contributed by atoms with Crippen molar-refractivity contribution < 1.29 is 14.6 Å². The van der Waals surface area contributed by atoms with Crippen LogP contribution in [0.4, 0.5) is 4.39 Å². The van der Waals surface area contributed by atoms with E-state index in [2.05, 4.69) is 5.32 Å². The Bertz CT molecular complexity index is 357. The molecule has 0 saturated heterocycles. The highest BCUT2D eigenvalue weighted by Gasteiger charge is 2.11. The Labute approximate surface area is 101 Å². The van der Waals surface area contributed by atoms with Gasteiger partial charge in [-0.1, -0.05) is 6.92 Å². The highest BCUT2D eigenvalue weighted by atomic mass is 19.1. The van der Waals surface area contributed by atoms with Gasteiger partial charge in [-0.2, -0.15) is 0 Å². The molecule has 0 aliphatic rings. The van der Waals surface area contributed by atoms with E-state index in [1.807, 2.05) is 13.8 Å². The van der Waals surface area contributed by atoms with Gasteiger partial charge in [-0.15, -0.1) is 0 Å². The molecule has 17 heavy (non-hydrogen) atoms. The second-order valence-electron chi connectivity index (χ2n) is 4.23. The van der Waals surface area contributed by atoms with Crippen molar-refractivity contribution in [1.82, 2.24) is 5.32 Å². The number of aliphatic hydroxyl groups excluding tert-OH is 1. The summed E-state index contributed by atoms with van der Waals surface area (Å²) in [4.78, 5) is 0. The van der Waals surface area contributed by atoms with Gasteiger partial charge in [0.05, 0.1) is 6.10 Å². The fraction of sp³-hybridized carbons (Fsp3) is 0.538. The molecule has 0 amide bonds. The van der Waals surface area contributed by atoms with Gasteiger partial charge in [0.2, 0.25) is 0 Å². The molecule has 1 rings (SSSR count). The Hall–Kier alpha value is -1.13. The van der Waals surface area contributed by atoms with E-state index < -0.39 is 0 Å². The van der Waals surface area contributed by atoms with E-state index >= 15 is 0 Å². The number of halogens is 1. The van der Waals surface area contributed by atoms with Crippen LogP contribution in [0.1, 0.15) is 38.3 Å². The molecule has 0 saturated carbocycles. The molecule has 0 radical (unpaired) electrons. The minimum absolute atomic E-state index is 0.0856. The van der Waals surface area contributed by atoms with E-state index in [-0.39, 0.29) is 23.7 Å². The van der Waals surface area contributed by atoms with Crippen LogP contribution in [0.15, 0.2) is 18.2 Å². The molecule has 3 N–H and O–H groups in total. The van der Waals surface area contributed by atoms with Crippen LogP contribution in [0.25, 0.3) is 0 Å². The number of aromatic hydroxyl groups is 1. The lowest BCUT2D eigenvalue weighted by Gasteiger charge is -2.16. The second kappa shape index (κ2) is 6.57. The molecule has 0 spiro atoms. The summed E-state index contributed by atoms with van der Waals surface area (Å²) < 4.78 is 13.0. The summed E-state index contributed by atoms with van der Waals surface area (Å²) >= 11 is 0. The molecule has 96 valence electrons. The maximum Gasteiger partial charge on any atom is 0.123 e. The molecule has 2 atom stereocenters. The second-order valence-corrected chi connectivity index (χ2v) is 4.23. The molecule has 0 aliphatic carbocycles. The van der Waals surface area contributed by atoms with Gasteiger partial charge in [0, 0.05) is 11.6 Å². The van der Waals surface area contributed by atoms with Crippen molar-refractivity contribution in [1.29, 1.82) is 0 Å². The number of nitrogens with one attached hydrogen (secondary N) is 1. The summed E-state index contributed by atoms with van der Waals surface area (Å²) in [6.45, 7) is 4.41. The molecule has 0 heterocycles. The molecule has 1 aromatic rings. The zero-order valence-electron chi connectivity index (χ0n) is 10.3. The normalized spacial score (nSPS) is 14.6. The standard InChI is InChI=1S/C13H20FNO2/c1-3-11(16)6-7-15-9(2)12-8-10(14)4-5-13(12)17/h4-5,8-9,11,15-17H,3,6-7H2,1-2H3. The van der Waals surface area contributed by atoms with Crippen molar-refractivity contribution in [2.45, 2.75) is 38.8 Å². The number of hydrogen-bond donors (Lipinski definition) is 3. The quantitative estimate of drug-likeness (QED) is 0.716. The number of rotatable bonds is 6. The molecule has 0 aromatic heterocycles. The first-order valence-corrected chi connectivity index (χ1v) is 5.94. The third kappa shape index (κ3) is 4.32. The largest absolute Gasteiger partial charge is 0.508 e. The van der Waals surface area contributed by atoms with Gasteiger partial charge < -0.3 is 15.5 Å². The van der Waals surface area contributed by atoms with Crippen molar-refractivity contribution in [3.05, 3.63) is 29.6 Å². The SMILES string of the molecule is CCC(O)CCNC(C)c1cc(F)ccc1O. The van der Waals surface area contributed by atoms with Gasteiger partial charge in [-0.25, -0.2) is 4.39 Å². The smallest absolute Gasteiger partial charge is 0.123 e. The number of benzene rings is 1. The van der Waals surface area contributed by atoms with Gasteiger partial charge in [0.25, 0.3) is 0 Å². The van der Waals surface area contributed by atoms with Crippen LogP contribution >= 0.6 is 0 Å². The van der Waals surface area contributed by atoms with Crippen LogP contribution < -0.4 is 5.32 Å². The van der Waals surface area contributed by atoms with Crippen molar-refractivity contribution in [3.8, 4) is 5.75 Å². The summed E-state index contributed by atoms with van der Waals surface area (Å²) in [6, 6.07) is 3.76. The predicted molar refractivity (Wildman–Crippen MR) is 65.4 cm³/mol. The van der Waals surface area contributed by atoms with Crippen LogP contribution in [0.3, 0.4) is 0 Å². The third-order valence-corrected chi connectivity index (χ3v) is 2.86. The zero-order valence-corrected chi connectivity index (χ0v) is 10.3. The average molecular weight is 241 g/mol. The Kier molecular flexibility index (Phi) is 5.38. The highest BCUT2D eigenvalue weighted by Crippen LogP contribution is 2.24. The highest BCUT2D eigenvalue weighted by molar-refractivity contribution is 5.34. The van der Waals surface area contributed by atoms with E-state index in [0.29, 0.717) is 18.5 Å². The summed E-state index contributed by atoms with van der Waals surface area (Å²) in [5.74, 6) is -0.275. The lowest BCUT2D eigenvalue weighted by molar-refractivity contribution is 0.158. The van der Waals surface area contributed by atoms with Crippen molar-refractivity contribution in [2.75, 3.05) is 6.54 Å². The Morgan fingerprint density at radius 3 is 2.76 bits per heavy atom. The van der Waals surface area contributed by atoms with E-state index in [1.165, 1.54) is 18.2 Å². The summed E-state index contributed by atoms with van der Waals surface area (Å²) in [5, 5.41) is 22.1. The van der Waals surface area contributed by atoms with Gasteiger partial charge in [0.15, 0.2) is 0 Å². The Morgan fingerprint density at radius 2 is 2.12 bits per heavy atom. The maximum atomic E-state index is 13.0. The molecule has 4 heteroatoms. The van der Waals surface area contributed by atoms with Crippen LogP contribution in [0.2, 0.25) is 0 Å². The van der Waals surface area contributed by atoms with Crippen molar-refractivity contribution in [3.63, 3.8) is 0 Å². The van der Waals surface area contributed by atoms with Crippen LogP contribution in [0, 0.1) is 5.82 Å². The summed E-state index contributed by atoms with van der Waals surface area (Å²) in [7, 11) is 0. The molecular formula is C13H20FNO2. The minimum Gasteiger partial charge on any atom is -0.508 e. The monoisotopic (exact) mass is 241 g/mol. The third-order valence-electron chi connectivity index (χ3n) is 2.86. The van der Waals surface area contributed by atoms with Crippen LogP contribution in [-0.2, 0) is 0 Å². The molecule has 0 aliphatic heterocycles. The average Bonchev–Trinajstić information content (AvgIpc) is 2.31. The molecular weight excluding hydrogens is 221 g/mol. The first-order valence-electron chi connectivity index (χ1n) is 5.94. The lowest BCUT2D eigenvalue weighted by atomic mass is 10.1. The summed E-state index contributed by atoms with van der Waals surface area (Å²) in [6.07, 6.45) is 1.06. The molecule has 0 bridgehead atoms. The Balaban J connectivity index is 2.52. The number of phenolic OH excluding ortho intramolecular Hbond substituents is 1. The molecule has 3 nitrogen and oxygen atoms in total. The fourth-order valence-electron chi connectivity index (χ4n) is 1.65. The fourth-order valence-corrected chi connectivity index (χ4v) is 1.65. The van der Waals surface area contributed by atoms with Crippen molar-refractivity contribution in [2.24, 2.45) is 0 Å². The Morgan fingerprint density at radius 1 is 1.41 bits per heavy atom. The van der Waals surface area contributed by atoms with Crippen molar-refractivity contribution >= 4 is 0 Å². The predicted octanol–water partition coefficient (Wildman–Crippen LogP) is 2.34. The number of hydrogen-bond acceptors (Lipinski definition) is 3. The molecule has 0 fully saturated rings. The maximum absolute atomic E-state index is 13.0. The van der Waals surface area contributed by atoms with E-state index in [4.69, 9.17) is 0 Å². The first-order chi connectivity index (χ1) is 8.04.